The highest BCUT2D eigenvalue weighted by molar-refractivity contribution is 9.11. The van der Waals surface area contributed by atoms with Crippen molar-refractivity contribution in [2.24, 2.45) is 0 Å². The monoisotopic (exact) mass is 509 g/mol. The van der Waals surface area contributed by atoms with Crippen molar-refractivity contribution >= 4 is 27.7 Å². The molecule has 2 aliphatic rings. The van der Waals surface area contributed by atoms with Crippen molar-refractivity contribution in [2.45, 2.75) is 31.4 Å². The molecule has 0 atom stereocenters. The van der Waals surface area contributed by atoms with Crippen LogP contribution in [0.5, 0.6) is 0 Å². The Kier molecular flexibility index (Phi) is 6.56. The summed E-state index contributed by atoms with van der Waals surface area (Å²) < 4.78 is 47.7. The molecule has 1 aliphatic heterocycles. The van der Waals surface area contributed by atoms with E-state index < -0.39 is 11.9 Å². The Hall–Kier alpha value is -2.79. The van der Waals surface area contributed by atoms with E-state index in [9.17, 15) is 18.0 Å². The molecular weight excluding hydrogens is 491 g/mol. The predicted molar refractivity (Wildman–Crippen MR) is 114 cm³/mol. The normalized spacial score (nSPS) is 17.5. The molecule has 2 aromatic heterocycles. The number of alkyl halides is 3. The standard InChI is InChI=1S/C21H19BrF3N5O2/c22-15-4-2-1-3-14(11-15)20(31)26-18-5-6-19(28-27-18)30-17(21(23,24)25)12-16(29-30)13-7-9-32-10-8-13/h1-2,4-6,11-13H,3,7-10H2,(H,26,27,31). The van der Waals surface area contributed by atoms with Gasteiger partial charge in [0.1, 0.15) is 5.69 Å². The van der Waals surface area contributed by atoms with Gasteiger partial charge < -0.3 is 10.1 Å². The average molecular weight is 510 g/mol. The number of allylic oxidation sites excluding steroid dienone is 5. The van der Waals surface area contributed by atoms with Crippen LogP contribution in [0.2, 0.25) is 0 Å². The van der Waals surface area contributed by atoms with Crippen LogP contribution >= 0.6 is 15.9 Å². The first-order chi connectivity index (χ1) is 15.3. The van der Waals surface area contributed by atoms with Crippen molar-refractivity contribution in [3.05, 3.63) is 63.9 Å². The second kappa shape index (κ2) is 9.37. The van der Waals surface area contributed by atoms with E-state index in [1.54, 1.807) is 6.08 Å². The minimum absolute atomic E-state index is 0.0871. The predicted octanol–water partition coefficient (Wildman–Crippen LogP) is 4.68. The topological polar surface area (TPSA) is 81.9 Å². The zero-order chi connectivity index (χ0) is 22.7. The molecule has 0 bridgehead atoms. The van der Waals surface area contributed by atoms with Crippen molar-refractivity contribution in [1.82, 2.24) is 20.0 Å². The Morgan fingerprint density at radius 1 is 1.22 bits per heavy atom. The molecule has 168 valence electrons. The molecular formula is C21H19BrF3N5O2. The highest BCUT2D eigenvalue weighted by atomic mass is 79.9. The van der Waals surface area contributed by atoms with Crippen molar-refractivity contribution in [1.29, 1.82) is 0 Å². The largest absolute Gasteiger partial charge is 0.433 e. The number of rotatable bonds is 4. The average Bonchev–Trinajstić information content (AvgIpc) is 3.12. The van der Waals surface area contributed by atoms with Crippen LogP contribution in [0.25, 0.3) is 5.82 Å². The first-order valence-electron chi connectivity index (χ1n) is 9.94. The number of aromatic nitrogens is 4. The molecule has 1 aliphatic carbocycles. The van der Waals surface area contributed by atoms with Gasteiger partial charge in [-0.3, -0.25) is 4.79 Å². The van der Waals surface area contributed by atoms with E-state index in [0.29, 0.717) is 43.7 Å². The third-order valence-electron chi connectivity index (χ3n) is 5.10. The molecule has 1 amide bonds. The van der Waals surface area contributed by atoms with Crippen LogP contribution in [0, 0.1) is 0 Å². The summed E-state index contributed by atoms with van der Waals surface area (Å²) in [6.07, 6.45) is 4.21. The number of carbonyl (C=O) groups excluding carboxylic acids is 1. The van der Waals surface area contributed by atoms with E-state index in [-0.39, 0.29) is 23.5 Å². The van der Waals surface area contributed by atoms with E-state index in [2.05, 4.69) is 36.5 Å². The number of nitrogens with zero attached hydrogens (tertiary/aromatic N) is 4. The first-order valence-corrected chi connectivity index (χ1v) is 10.7. The number of carbonyl (C=O) groups is 1. The second-order valence-corrected chi connectivity index (χ2v) is 8.25. The molecule has 0 saturated carbocycles. The fourth-order valence-electron chi connectivity index (χ4n) is 3.46. The number of hydrogen-bond acceptors (Lipinski definition) is 5. The van der Waals surface area contributed by atoms with Crippen molar-refractivity contribution < 1.29 is 22.7 Å². The number of nitrogens with one attached hydrogen (secondary N) is 1. The molecule has 0 radical (unpaired) electrons. The summed E-state index contributed by atoms with van der Waals surface area (Å²) in [6.45, 7) is 0.983. The minimum Gasteiger partial charge on any atom is -0.381 e. The first kappa shape index (κ1) is 22.4. The Labute approximate surface area is 190 Å². The van der Waals surface area contributed by atoms with Crippen LogP contribution in [0.3, 0.4) is 0 Å². The second-order valence-electron chi connectivity index (χ2n) is 7.33. The lowest BCUT2D eigenvalue weighted by molar-refractivity contribution is -0.142. The maximum Gasteiger partial charge on any atom is 0.433 e. The van der Waals surface area contributed by atoms with Gasteiger partial charge in [0.15, 0.2) is 11.6 Å². The van der Waals surface area contributed by atoms with Gasteiger partial charge in [0.05, 0.1) is 5.69 Å². The molecule has 0 unspecified atom stereocenters. The maximum atomic E-state index is 13.6. The van der Waals surface area contributed by atoms with E-state index >= 15 is 0 Å². The molecule has 3 heterocycles. The zero-order valence-electron chi connectivity index (χ0n) is 16.8. The summed E-state index contributed by atoms with van der Waals surface area (Å²) in [6, 6.07) is 3.80. The van der Waals surface area contributed by atoms with Gasteiger partial charge in [0.2, 0.25) is 0 Å². The van der Waals surface area contributed by atoms with Crippen LogP contribution < -0.4 is 5.32 Å². The number of halogens is 4. The summed E-state index contributed by atoms with van der Waals surface area (Å²) in [5, 5.41) is 14.5. The van der Waals surface area contributed by atoms with Crippen molar-refractivity contribution in [2.75, 3.05) is 18.5 Å². The molecule has 1 fully saturated rings. The van der Waals surface area contributed by atoms with E-state index in [1.165, 1.54) is 12.1 Å². The molecule has 1 saturated heterocycles. The van der Waals surface area contributed by atoms with Gasteiger partial charge in [0.25, 0.3) is 5.91 Å². The van der Waals surface area contributed by atoms with E-state index in [4.69, 9.17) is 4.74 Å². The lowest BCUT2D eigenvalue weighted by Crippen LogP contribution is -2.17. The maximum absolute atomic E-state index is 13.6. The fourth-order valence-corrected chi connectivity index (χ4v) is 3.89. The third kappa shape index (κ3) is 5.16. The van der Waals surface area contributed by atoms with Crippen LogP contribution in [0.1, 0.15) is 36.6 Å². The van der Waals surface area contributed by atoms with Gasteiger partial charge in [-0.15, -0.1) is 10.2 Å². The summed E-state index contributed by atoms with van der Waals surface area (Å²) in [7, 11) is 0. The number of anilines is 1. The highest BCUT2D eigenvalue weighted by Gasteiger charge is 2.37. The molecule has 1 N–H and O–H groups in total. The number of amides is 1. The summed E-state index contributed by atoms with van der Waals surface area (Å²) in [4.78, 5) is 12.5. The van der Waals surface area contributed by atoms with E-state index in [1.807, 2.05) is 18.2 Å². The summed E-state index contributed by atoms with van der Waals surface area (Å²) in [5.74, 6) is -0.442. The lowest BCUT2D eigenvalue weighted by Gasteiger charge is -2.19. The van der Waals surface area contributed by atoms with Crippen LogP contribution in [0.15, 0.2) is 52.6 Å². The van der Waals surface area contributed by atoms with Gasteiger partial charge in [-0.2, -0.15) is 18.3 Å². The summed E-state index contributed by atoms with van der Waals surface area (Å²) >= 11 is 3.34. The zero-order valence-corrected chi connectivity index (χ0v) is 18.4. The highest BCUT2D eigenvalue weighted by Crippen LogP contribution is 2.35. The van der Waals surface area contributed by atoms with Gasteiger partial charge >= 0.3 is 6.18 Å². The third-order valence-corrected chi connectivity index (χ3v) is 5.59. The lowest BCUT2D eigenvalue weighted by atomic mass is 9.96. The molecule has 2 aromatic rings. The quantitative estimate of drug-likeness (QED) is 0.647. The van der Waals surface area contributed by atoms with Crippen LogP contribution in [-0.4, -0.2) is 39.1 Å². The van der Waals surface area contributed by atoms with Gasteiger partial charge in [-0.25, -0.2) is 4.68 Å². The molecule has 7 nitrogen and oxygen atoms in total. The molecule has 32 heavy (non-hydrogen) atoms. The smallest absolute Gasteiger partial charge is 0.381 e. The molecule has 4 rings (SSSR count). The molecule has 0 aromatic carbocycles. The van der Waals surface area contributed by atoms with Gasteiger partial charge in [-0.1, -0.05) is 28.1 Å². The van der Waals surface area contributed by atoms with Crippen molar-refractivity contribution in [3.8, 4) is 5.82 Å². The van der Waals surface area contributed by atoms with Crippen LogP contribution in [-0.2, 0) is 15.7 Å². The van der Waals surface area contributed by atoms with Gasteiger partial charge in [0, 0.05) is 29.2 Å². The van der Waals surface area contributed by atoms with Crippen LogP contribution in [0.4, 0.5) is 19.0 Å². The van der Waals surface area contributed by atoms with E-state index in [0.717, 1.165) is 15.2 Å². The Morgan fingerprint density at radius 3 is 2.69 bits per heavy atom. The molecule has 11 heteroatoms. The fraction of sp³-hybridized carbons (Fsp3) is 0.333. The number of ether oxygens (including phenoxy) is 1. The minimum atomic E-state index is -4.61. The van der Waals surface area contributed by atoms with Gasteiger partial charge in [-0.05, 0) is 49.6 Å². The Balaban J connectivity index is 1.56. The van der Waals surface area contributed by atoms with Crippen molar-refractivity contribution in [3.63, 3.8) is 0 Å². The Morgan fingerprint density at radius 2 is 2.00 bits per heavy atom. The Bertz CT molecular complexity index is 1080. The molecule has 0 spiro atoms. The summed E-state index contributed by atoms with van der Waals surface area (Å²) in [5.41, 5.74) is -0.0656. The number of hydrogen-bond donors (Lipinski definition) is 1. The SMILES string of the molecule is O=C(Nc1ccc(-n2nc(C3CCOCC3)cc2C(F)(F)F)nn1)C1=CC(Br)=CC=CC1.